The third kappa shape index (κ3) is 2.41. The number of rotatable bonds is 4. The first-order chi connectivity index (χ1) is 8.81. The van der Waals surface area contributed by atoms with Crippen molar-refractivity contribution in [1.82, 2.24) is 9.97 Å². The minimum atomic E-state index is 0.196. The summed E-state index contributed by atoms with van der Waals surface area (Å²) >= 11 is 0. The molecule has 1 atom stereocenters. The Balaban J connectivity index is 2.36. The fourth-order valence-corrected chi connectivity index (χ4v) is 2.66. The molecule has 0 saturated carbocycles. The third-order valence-corrected chi connectivity index (χ3v) is 3.62. The van der Waals surface area contributed by atoms with Gasteiger partial charge in [0.2, 0.25) is 0 Å². The Bertz CT molecular complexity index is 397. The van der Waals surface area contributed by atoms with E-state index in [1.165, 1.54) is 12.8 Å². The maximum atomic E-state index is 9.51. The summed E-state index contributed by atoms with van der Waals surface area (Å²) in [6.07, 6.45) is 5.88. The second-order valence-corrected chi connectivity index (χ2v) is 4.65. The normalized spacial score (nSPS) is 19.9. The van der Waals surface area contributed by atoms with Crippen molar-refractivity contribution in [2.45, 2.75) is 38.6 Å². The van der Waals surface area contributed by atoms with E-state index >= 15 is 0 Å². The average Bonchev–Trinajstić information content (AvgIpc) is 2.46. The first kappa shape index (κ1) is 13.1. The van der Waals surface area contributed by atoms with Gasteiger partial charge < -0.3 is 15.3 Å². The van der Waals surface area contributed by atoms with Crippen molar-refractivity contribution in [2.24, 2.45) is 0 Å². The van der Waals surface area contributed by atoms with Gasteiger partial charge in [0.15, 0.2) is 0 Å². The van der Waals surface area contributed by atoms with Gasteiger partial charge >= 0.3 is 0 Å². The van der Waals surface area contributed by atoms with Gasteiger partial charge in [0.05, 0.1) is 12.6 Å². The molecule has 1 aliphatic heterocycles. The number of nitrogens with zero attached hydrogens (tertiary/aromatic N) is 3. The molecule has 2 heterocycles. The third-order valence-electron chi connectivity index (χ3n) is 3.62. The van der Waals surface area contributed by atoms with Crippen LogP contribution in [0.2, 0.25) is 0 Å². The minimum Gasteiger partial charge on any atom is -0.394 e. The summed E-state index contributed by atoms with van der Waals surface area (Å²) in [7, 11) is 1.88. The average molecular weight is 250 g/mol. The molecule has 5 nitrogen and oxygen atoms in total. The van der Waals surface area contributed by atoms with Crippen LogP contribution in [0.15, 0.2) is 6.33 Å². The molecule has 1 aliphatic rings. The largest absolute Gasteiger partial charge is 0.394 e. The molecular formula is C13H22N4O. The molecule has 2 rings (SSSR count). The Hall–Kier alpha value is -1.36. The van der Waals surface area contributed by atoms with E-state index in [0.717, 1.165) is 36.6 Å². The SMILES string of the molecule is CCc1c(NC)ncnc1N1CCCCC1CO. The molecule has 1 aromatic rings. The highest BCUT2D eigenvalue weighted by atomic mass is 16.3. The van der Waals surface area contributed by atoms with Crippen molar-refractivity contribution in [3.63, 3.8) is 0 Å². The first-order valence-electron chi connectivity index (χ1n) is 6.71. The Morgan fingerprint density at radius 3 is 2.94 bits per heavy atom. The van der Waals surface area contributed by atoms with Crippen LogP contribution in [0, 0.1) is 0 Å². The molecule has 0 amide bonds. The van der Waals surface area contributed by atoms with Crippen LogP contribution in [0.25, 0.3) is 0 Å². The van der Waals surface area contributed by atoms with Gasteiger partial charge in [0.1, 0.15) is 18.0 Å². The molecule has 18 heavy (non-hydrogen) atoms. The number of hydrogen-bond acceptors (Lipinski definition) is 5. The lowest BCUT2D eigenvalue weighted by atomic mass is 10.0. The number of aromatic nitrogens is 2. The fraction of sp³-hybridized carbons (Fsp3) is 0.692. The lowest BCUT2D eigenvalue weighted by Crippen LogP contribution is -2.43. The quantitative estimate of drug-likeness (QED) is 0.846. The van der Waals surface area contributed by atoms with Crippen LogP contribution >= 0.6 is 0 Å². The molecule has 1 fully saturated rings. The Kier molecular flexibility index (Phi) is 4.36. The molecule has 0 spiro atoms. The lowest BCUT2D eigenvalue weighted by Gasteiger charge is -2.36. The van der Waals surface area contributed by atoms with Gasteiger partial charge in [-0.1, -0.05) is 6.92 Å². The molecule has 100 valence electrons. The highest BCUT2D eigenvalue weighted by Crippen LogP contribution is 2.29. The molecule has 1 aromatic heterocycles. The van der Waals surface area contributed by atoms with E-state index in [2.05, 4.69) is 27.1 Å². The van der Waals surface area contributed by atoms with E-state index in [0.29, 0.717) is 0 Å². The Labute approximate surface area is 108 Å². The van der Waals surface area contributed by atoms with Gasteiger partial charge in [-0.05, 0) is 25.7 Å². The van der Waals surface area contributed by atoms with Gasteiger partial charge in [-0.25, -0.2) is 9.97 Å². The number of nitrogens with one attached hydrogen (secondary N) is 1. The van der Waals surface area contributed by atoms with Crippen LogP contribution in [0.5, 0.6) is 0 Å². The van der Waals surface area contributed by atoms with E-state index in [9.17, 15) is 5.11 Å². The van der Waals surface area contributed by atoms with E-state index in [1.807, 2.05) is 7.05 Å². The van der Waals surface area contributed by atoms with Crippen LogP contribution in [0.3, 0.4) is 0 Å². The van der Waals surface area contributed by atoms with E-state index in [4.69, 9.17) is 0 Å². The predicted octanol–water partition coefficient (Wildman–Crippen LogP) is 1.43. The van der Waals surface area contributed by atoms with Crippen molar-refractivity contribution in [2.75, 3.05) is 30.4 Å². The van der Waals surface area contributed by atoms with Crippen molar-refractivity contribution < 1.29 is 5.11 Å². The maximum Gasteiger partial charge on any atom is 0.137 e. The second kappa shape index (κ2) is 6.00. The minimum absolute atomic E-state index is 0.196. The van der Waals surface area contributed by atoms with Crippen molar-refractivity contribution in [3.8, 4) is 0 Å². The topological polar surface area (TPSA) is 61.3 Å². The van der Waals surface area contributed by atoms with Crippen molar-refractivity contribution in [3.05, 3.63) is 11.9 Å². The van der Waals surface area contributed by atoms with Crippen molar-refractivity contribution in [1.29, 1.82) is 0 Å². The van der Waals surface area contributed by atoms with Crippen LogP contribution < -0.4 is 10.2 Å². The molecule has 0 bridgehead atoms. The molecule has 0 radical (unpaired) electrons. The number of aliphatic hydroxyl groups is 1. The van der Waals surface area contributed by atoms with Crippen LogP contribution in [0.1, 0.15) is 31.7 Å². The Morgan fingerprint density at radius 2 is 2.28 bits per heavy atom. The molecule has 1 unspecified atom stereocenters. The summed E-state index contributed by atoms with van der Waals surface area (Å²) in [5, 5.41) is 12.6. The van der Waals surface area contributed by atoms with Gasteiger partial charge in [-0.3, -0.25) is 0 Å². The maximum absolute atomic E-state index is 9.51. The monoisotopic (exact) mass is 250 g/mol. The summed E-state index contributed by atoms with van der Waals surface area (Å²) < 4.78 is 0. The molecular weight excluding hydrogens is 228 g/mol. The van der Waals surface area contributed by atoms with E-state index < -0.39 is 0 Å². The second-order valence-electron chi connectivity index (χ2n) is 4.65. The number of piperidine rings is 1. The zero-order chi connectivity index (χ0) is 13.0. The summed E-state index contributed by atoms with van der Waals surface area (Å²) in [6.45, 7) is 3.28. The number of hydrogen-bond donors (Lipinski definition) is 2. The highest BCUT2D eigenvalue weighted by Gasteiger charge is 2.25. The van der Waals surface area contributed by atoms with Crippen LogP contribution in [-0.4, -0.2) is 41.3 Å². The van der Waals surface area contributed by atoms with Crippen molar-refractivity contribution >= 4 is 11.6 Å². The van der Waals surface area contributed by atoms with Gasteiger partial charge in [-0.2, -0.15) is 0 Å². The predicted molar refractivity (Wildman–Crippen MR) is 73.0 cm³/mol. The molecule has 2 N–H and O–H groups in total. The lowest BCUT2D eigenvalue weighted by molar-refractivity contribution is 0.239. The highest BCUT2D eigenvalue weighted by molar-refractivity contribution is 5.59. The summed E-state index contributed by atoms with van der Waals surface area (Å²) in [6, 6.07) is 0.198. The van der Waals surface area contributed by atoms with Gasteiger partial charge in [0, 0.05) is 19.2 Å². The Morgan fingerprint density at radius 1 is 1.44 bits per heavy atom. The summed E-state index contributed by atoms with van der Waals surface area (Å²) in [5.41, 5.74) is 1.14. The standard InChI is InChI=1S/C13H22N4O/c1-3-11-12(14-2)15-9-16-13(11)17-7-5-4-6-10(17)8-18/h9-10,18H,3-8H2,1-2H3,(H,14,15,16). The molecule has 1 saturated heterocycles. The molecule has 5 heteroatoms. The van der Waals surface area contributed by atoms with E-state index in [-0.39, 0.29) is 12.6 Å². The van der Waals surface area contributed by atoms with E-state index in [1.54, 1.807) is 6.33 Å². The summed E-state index contributed by atoms with van der Waals surface area (Å²) in [5.74, 6) is 1.88. The smallest absolute Gasteiger partial charge is 0.137 e. The number of aliphatic hydroxyl groups excluding tert-OH is 1. The van der Waals surface area contributed by atoms with Crippen LogP contribution in [0.4, 0.5) is 11.6 Å². The fourth-order valence-electron chi connectivity index (χ4n) is 2.66. The summed E-state index contributed by atoms with van der Waals surface area (Å²) in [4.78, 5) is 10.9. The van der Waals surface area contributed by atoms with Gasteiger partial charge in [0.25, 0.3) is 0 Å². The van der Waals surface area contributed by atoms with Crippen LogP contribution in [-0.2, 0) is 6.42 Å². The first-order valence-corrected chi connectivity index (χ1v) is 6.71. The number of anilines is 2. The molecule has 0 aliphatic carbocycles. The zero-order valence-electron chi connectivity index (χ0n) is 11.2. The van der Waals surface area contributed by atoms with Gasteiger partial charge in [-0.15, -0.1) is 0 Å². The molecule has 0 aromatic carbocycles. The zero-order valence-corrected chi connectivity index (χ0v) is 11.2.